The quantitative estimate of drug-likeness (QED) is 0.911. The van der Waals surface area contributed by atoms with Gasteiger partial charge in [0.05, 0.1) is 0 Å². The van der Waals surface area contributed by atoms with Crippen LogP contribution in [0.5, 0.6) is 0 Å². The highest BCUT2D eigenvalue weighted by molar-refractivity contribution is 5.23. The maximum atomic E-state index is 13.9. The molecule has 2 nitrogen and oxygen atoms in total. The van der Waals surface area contributed by atoms with Crippen molar-refractivity contribution in [1.29, 1.82) is 0 Å². The van der Waals surface area contributed by atoms with Gasteiger partial charge in [-0.3, -0.25) is 4.90 Å². The molecule has 0 spiro atoms. The van der Waals surface area contributed by atoms with Crippen LogP contribution in [0.25, 0.3) is 0 Å². The van der Waals surface area contributed by atoms with Crippen molar-refractivity contribution in [1.82, 2.24) is 4.90 Å². The first-order valence-electron chi connectivity index (χ1n) is 7.08. The van der Waals surface area contributed by atoms with Crippen molar-refractivity contribution >= 4 is 0 Å². The van der Waals surface area contributed by atoms with Crippen LogP contribution in [0, 0.1) is 23.5 Å². The van der Waals surface area contributed by atoms with E-state index >= 15 is 0 Å². The molecule has 3 atom stereocenters. The second-order valence-corrected chi connectivity index (χ2v) is 5.82. The molecule has 1 aliphatic heterocycles. The number of likely N-dealkylation sites (tertiary alicyclic amines) is 1. The predicted molar refractivity (Wildman–Crippen MR) is 70.6 cm³/mol. The zero-order valence-corrected chi connectivity index (χ0v) is 11.0. The zero-order valence-electron chi connectivity index (χ0n) is 11.0. The highest BCUT2D eigenvalue weighted by Gasteiger charge is 2.39. The van der Waals surface area contributed by atoms with Gasteiger partial charge in [0.2, 0.25) is 0 Å². The van der Waals surface area contributed by atoms with E-state index in [9.17, 15) is 8.78 Å². The average Bonchev–Trinajstić information content (AvgIpc) is 2.93. The lowest BCUT2D eigenvalue weighted by Gasteiger charge is -2.28. The number of benzene rings is 1. The second-order valence-electron chi connectivity index (χ2n) is 5.82. The van der Waals surface area contributed by atoms with E-state index in [1.54, 1.807) is 0 Å². The maximum Gasteiger partial charge on any atom is 0.130 e. The summed E-state index contributed by atoms with van der Waals surface area (Å²) < 4.78 is 26.9. The van der Waals surface area contributed by atoms with Crippen LogP contribution in [-0.4, -0.2) is 24.5 Å². The Morgan fingerprint density at radius 3 is 2.47 bits per heavy atom. The first-order chi connectivity index (χ1) is 9.19. The molecule has 4 heteroatoms. The Balaban J connectivity index is 1.81. The lowest BCUT2D eigenvalue weighted by molar-refractivity contribution is 0.227. The maximum absolute atomic E-state index is 13.9. The van der Waals surface area contributed by atoms with Crippen LogP contribution in [-0.2, 0) is 0 Å². The van der Waals surface area contributed by atoms with Crippen LogP contribution >= 0.6 is 0 Å². The van der Waals surface area contributed by atoms with Crippen molar-refractivity contribution < 1.29 is 8.78 Å². The first-order valence-corrected chi connectivity index (χ1v) is 7.08. The Hall–Kier alpha value is -1.00. The van der Waals surface area contributed by atoms with Gasteiger partial charge in [-0.05, 0) is 30.7 Å². The number of hydrogen-bond donors (Lipinski definition) is 1. The summed E-state index contributed by atoms with van der Waals surface area (Å²) in [6.45, 7) is 2.38. The third-order valence-corrected chi connectivity index (χ3v) is 4.74. The molecule has 1 aliphatic carbocycles. The standard InChI is InChI=1S/C15H20F2N2/c16-12-4-5-13(14(17)6-12)15(7-18)19-8-10-2-1-3-11(10)9-19/h4-6,10-11,15H,1-3,7-9,18H2. The molecule has 2 fully saturated rings. The van der Waals surface area contributed by atoms with E-state index in [0.29, 0.717) is 12.1 Å². The third-order valence-electron chi connectivity index (χ3n) is 4.74. The van der Waals surface area contributed by atoms with Gasteiger partial charge in [-0.2, -0.15) is 0 Å². The summed E-state index contributed by atoms with van der Waals surface area (Å²) in [6, 6.07) is 3.69. The molecule has 3 unspecified atom stereocenters. The molecule has 1 saturated carbocycles. The van der Waals surface area contributed by atoms with Crippen molar-refractivity contribution in [3.8, 4) is 0 Å². The van der Waals surface area contributed by atoms with Crippen LogP contribution in [0.1, 0.15) is 30.9 Å². The molecule has 2 aliphatic rings. The third kappa shape index (κ3) is 2.39. The Labute approximate surface area is 112 Å². The molecule has 104 valence electrons. The Morgan fingerprint density at radius 1 is 1.21 bits per heavy atom. The summed E-state index contributed by atoms with van der Waals surface area (Å²) in [5.41, 5.74) is 6.37. The zero-order chi connectivity index (χ0) is 13.4. The number of nitrogens with two attached hydrogens (primary N) is 1. The van der Waals surface area contributed by atoms with Gasteiger partial charge in [0.25, 0.3) is 0 Å². The molecular weight excluding hydrogens is 246 g/mol. The van der Waals surface area contributed by atoms with Gasteiger partial charge >= 0.3 is 0 Å². The highest BCUT2D eigenvalue weighted by Crippen LogP contribution is 2.40. The van der Waals surface area contributed by atoms with Crippen molar-refractivity contribution in [2.75, 3.05) is 19.6 Å². The largest absolute Gasteiger partial charge is 0.329 e. The number of halogens is 2. The summed E-state index contributed by atoms with van der Waals surface area (Å²) in [4.78, 5) is 2.28. The van der Waals surface area contributed by atoms with E-state index < -0.39 is 11.6 Å². The van der Waals surface area contributed by atoms with E-state index in [4.69, 9.17) is 5.73 Å². The SMILES string of the molecule is NCC(c1ccc(F)cc1F)N1CC2CCCC2C1. The number of rotatable bonds is 3. The monoisotopic (exact) mass is 266 g/mol. The van der Waals surface area contributed by atoms with Gasteiger partial charge in [-0.1, -0.05) is 12.5 Å². The summed E-state index contributed by atoms with van der Waals surface area (Å²) in [7, 11) is 0. The molecule has 2 N–H and O–H groups in total. The van der Waals surface area contributed by atoms with Crippen LogP contribution in [0.15, 0.2) is 18.2 Å². The Morgan fingerprint density at radius 2 is 1.89 bits per heavy atom. The summed E-state index contributed by atoms with van der Waals surface area (Å²) in [5.74, 6) is 0.484. The van der Waals surface area contributed by atoms with Crippen LogP contribution in [0.4, 0.5) is 8.78 Å². The Kier molecular flexibility index (Phi) is 3.54. The molecule has 1 heterocycles. The van der Waals surface area contributed by atoms with Gasteiger partial charge in [-0.15, -0.1) is 0 Å². The summed E-state index contributed by atoms with van der Waals surface area (Å²) in [5, 5.41) is 0. The van der Waals surface area contributed by atoms with E-state index in [2.05, 4.69) is 4.90 Å². The summed E-state index contributed by atoms with van der Waals surface area (Å²) >= 11 is 0. The molecule has 19 heavy (non-hydrogen) atoms. The lowest BCUT2D eigenvalue weighted by Crippen LogP contribution is -2.33. The second kappa shape index (κ2) is 5.17. The van der Waals surface area contributed by atoms with Crippen LogP contribution in [0.3, 0.4) is 0 Å². The van der Waals surface area contributed by atoms with Crippen LogP contribution < -0.4 is 5.73 Å². The minimum absolute atomic E-state index is 0.119. The van der Waals surface area contributed by atoms with Gasteiger partial charge < -0.3 is 5.73 Å². The number of fused-ring (bicyclic) bond motifs is 1. The summed E-state index contributed by atoms with van der Waals surface area (Å²) in [6.07, 6.45) is 3.89. The van der Waals surface area contributed by atoms with E-state index in [1.807, 2.05) is 0 Å². The molecule has 0 bridgehead atoms. The highest BCUT2D eigenvalue weighted by atomic mass is 19.1. The first kappa shape index (κ1) is 13.0. The lowest BCUT2D eigenvalue weighted by atomic mass is 10.0. The van der Waals surface area contributed by atoms with Gasteiger partial charge in [0.15, 0.2) is 0 Å². The molecule has 0 aromatic heterocycles. The van der Waals surface area contributed by atoms with Crippen molar-refractivity contribution in [2.45, 2.75) is 25.3 Å². The van der Waals surface area contributed by atoms with Gasteiger partial charge in [0.1, 0.15) is 11.6 Å². The molecule has 1 saturated heterocycles. The van der Waals surface area contributed by atoms with E-state index in [1.165, 1.54) is 31.4 Å². The minimum atomic E-state index is -0.532. The average molecular weight is 266 g/mol. The van der Waals surface area contributed by atoms with Gasteiger partial charge in [-0.25, -0.2) is 8.78 Å². The molecule has 0 amide bonds. The van der Waals surface area contributed by atoms with Crippen molar-refractivity contribution in [3.63, 3.8) is 0 Å². The normalized spacial score (nSPS) is 28.6. The molecular formula is C15H20F2N2. The van der Waals surface area contributed by atoms with Crippen molar-refractivity contribution in [2.24, 2.45) is 17.6 Å². The smallest absolute Gasteiger partial charge is 0.130 e. The molecule has 0 radical (unpaired) electrons. The Bertz CT molecular complexity index is 451. The predicted octanol–water partition coefficient (Wildman–Crippen LogP) is 2.70. The van der Waals surface area contributed by atoms with Crippen molar-refractivity contribution in [3.05, 3.63) is 35.4 Å². The topological polar surface area (TPSA) is 29.3 Å². The van der Waals surface area contributed by atoms with Crippen LogP contribution in [0.2, 0.25) is 0 Å². The molecule has 3 rings (SSSR count). The fourth-order valence-corrected chi connectivity index (χ4v) is 3.77. The minimum Gasteiger partial charge on any atom is -0.329 e. The fourth-order valence-electron chi connectivity index (χ4n) is 3.77. The van der Waals surface area contributed by atoms with Gasteiger partial charge in [0, 0.05) is 37.3 Å². The number of nitrogens with zero attached hydrogens (tertiary/aromatic N) is 1. The fraction of sp³-hybridized carbons (Fsp3) is 0.600. The molecule has 1 aromatic rings. The molecule has 1 aromatic carbocycles. The number of hydrogen-bond acceptors (Lipinski definition) is 2. The van der Waals surface area contributed by atoms with E-state index in [0.717, 1.165) is 31.0 Å². The van der Waals surface area contributed by atoms with E-state index in [-0.39, 0.29) is 6.04 Å².